The molecule has 0 saturated heterocycles. The fraction of sp³-hybridized carbons (Fsp3) is 0.185. The van der Waals surface area contributed by atoms with Crippen LogP contribution in [-0.4, -0.2) is 12.5 Å². The van der Waals surface area contributed by atoms with Crippen LogP contribution < -0.4 is 10.1 Å². The zero-order valence-corrected chi connectivity index (χ0v) is 20.1. The first-order chi connectivity index (χ1) is 15.9. The number of ether oxygens (including phenoxy) is 1. The number of benzene rings is 3. The molecular formula is C27H24BrFN2O2. The highest BCUT2D eigenvalue weighted by Crippen LogP contribution is 2.32. The van der Waals surface area contributed by atoms with Gasteiger partial charge >= 0.3 is 0 Å². The van der Waals surface area contributed by atoms with Crippen molar-refractivity contribution in [2.75, 3.05) is 11.9 Å². The fourth-order valence-corrected chi connectivity index (χ4v) is 3.96. The molecule has 3 aromatic rings. The van der Waals surface area contributed by atoms with Crippen molar-refractivity contribution in [1.29, 1.82) is 5.26 Å². The van der Waals surface area contributed by atoms with E-state index in [4.69, 9.17) is 4.74 Å². The average molecular weight is 507 g/mol. The number of nitrogens with zero attached hydrogens (tertiary/aromatic N) is 1. The maximum atomic E-state index is 13.6. The minimum absolute atomic E-state index is 0.0261. The van der Waals surface area contributed by atoms with E-state index in [0.717, 1.165) is 27.6 Å². The zero-order valence-electron chi connectivity index (χ0n) is 18.5. The Morgan fingerprint density at radius 1 is 1.12 bits per heavy atom. The quantitative estimate of drug-likeness (QED) is 0.273. The second-order valence-corrected chi connectivity index (χ2v) is 8.25. The summed E-state index contributed by atoms with van der Waals surface area (Å²) in [7, 11) is 0. The Bertz CT molecular complexity index is 1210. The zero-order chi connectivity index (χ0) is 23.8. The Hall–Kier alpha value is -3.43. The number of nitrogens with one attached hydrogen (secondary N) is 1. The molecule has 0 aliphatic carbocycles. The number of hydrogen-bond donors (Lipinski definition) is 1. The summed E-state index contributed by atoms with van der Waals surface area (Å²) in [6, 6.07) is 19.5. The summed E-state index contributed by atoms with van der Waals surface area (Å²) in [5.74, 6) is -0.176. The minimum atomic E-state index is -0.486. The Morgan fingerprint density at radius 3 is 2.52 bits per heavy atom. The van der Waals surface area contributed by atoms with Crippen molar-refractivity contribution in [3.8, 4) is 11.8 Å². The van der Waals surface area contributed by atoms with Gasteiger partial charge in [-0.25, -0.2) is 4.39 Å². The predicted molar refractivity (Wildman–Crippen MR) is 133 cm³/mol. The highest BCUT2D eigenvalue weighted by molar-refractivity contribution is 9.10. The van der Waals surface area contributed by atoms with Crippen LogP contribution in [0.3, 0.4) is 0 Å². The molecule has 33 heavy (non-hydrogen) atoms. The van der Waals surface area contributed by atoms with Gasteiger partial charge in [-0.15, -0.1) is 0 Å². The van der Waals surface area contributed by atoms with Gasteiger partial charge in [-0.2, -0.15) is 5.26 Å². The summed E-state index contributed by atoms with van der Waals surface area (Å²) in [5.41, 5.74) is 4.07. The van der Waals surface area contributed by atoms with Gasteiger partial charge in [-0.3, -0.25) is 4.79 Å². The van der Waals surface area contributed by atoms with Crippen molar-refractivity contribution in [2.45, 2.75) is 26.7 Å². The van der Waals surface area contributed by atoms with E-state index in [1.54, 1.807) is 12.1 Å². The monoisotopic (exact) mass is 506 g/mol. The number of carbonyl (C=O) groups excluding carboxylic acids is 1. The van der Waals surface area contributed by atoms with Gasteiger partial charge in [0.15, 0.2) is 0 Å². The van der Waals surface area contributed by atoms with Crippen LogP contribution in [0.4, 0.5) is 10.1 Å². The molecule has 0 unspecified atom stereocenters. The molecular weight excluding hydrogens is 483 g/mol. The molecule has 3 rings (SSSR count). The third-order valence-electron chi connectivity index (χ3n) is 5.04. The molecule has 0 atom stereocenters. The highest BCUT2D eigenvalue weighted by Gasteiger charge is 2.14. The van der Waals surface area contributed by atoms with Crippen LogP contribution in [-0.2, 0) is 17.6 Å². The Labute approximate surface area is 201 Å². The Balaban J connectivity index is 1.88. The molecule has 0 saturated carbocycles. The molecule has 6 heteroatoms. The van der Waals surface area contributed by atoms with E-state index >= 15 is 0 Å². The summed E-state index contributed by atoms with van der Waals surface area (Å²) in [4.78, 5) is 12.7. The summed E-state index contributed by atoms with van der Waals surface area (Å²) < 4.78 is 20.2. The highest BCUT2D eigenvalue weighted by atomic mass is 79.9. The number of nitriles is 1. The second kappa shape index (κ2) is 11.4. The molecule has 0 fully saturated rings. The van der Waals surface area contributed by atoms with E-state index in [0.29, 0.717) is 30.0 Å². The number of hydrogen-bond acceptors (Lipinski definition) is 3. The summed E-state index contributed by atoms with van der Waals surface area (Å²) >= 11 is 3.57. The van der Waals surface area contributed by atoms with Crippen LogP contribution in [0.5, 0.6) is 5.75 Å². The minimum Gasteiger partial charge on any atom is -0.494 e. The molecule has 0 aromatic heterocycles. The van der Waals surface area contributed by atoms with Crippen molar-refractivity contribution >= 4 is 33.6 Å². The largest absolute Gasteiger partial charge is 0.494 e. The fourth-order valence-electron chi connectivity index (χ4n) is 3.36. The molecule has 4 nitrogen and oxygen atoms in total. The first-order valence-electron chi connectivity index (χ1n) is 10.6. The van der Waals surface area contributed by atoms with E-state index in [2.05, 4.69) is 28.2 Å². The number of carbonyl (C=O) groups is 1. The van der Waals surface area contributed by atoms with E-state index in [-0.39, 0.29) is 11.4 Å². The van der Waals surface area contributed by atoms with Crippen LogP contribution in [0, 0.1) is 17.1 Å². The van der Waals surface area contributed by atoms with E-state index in [9.17, 15) is 14.4 Å². The first-order valence-corrected chi connectivity index (χ1v) is 11.4. The van der Waals surface area contributed by atoms with Gasteiger partial charge in [0, 0.05) is 22.1 Å². The molecule has 1 amide bonds. The van der Waals surface area contributed by atoms with E-state index in [1.165, 1.54) is 18.2 Å². The van der Waals surface area contributed by atoms with Gasteiger partial charge in [-0.1, -0.05) is 47.1 Å². The number of amides is 1. The van der Waals surface area contributed by atoms with E-state index < -0.39 is 5.91 Å². The molecule has 0 aliphatic heterocycles. The van der Waals surface area contributed by atoms with Gasteiger partial charge in [0.2, 0.25) is 0 Å². The summed E-state index contributed by atoms with van der Waals surface area (Å²) in [5, 5.41) is 12.3. The topological polar surface area (TPSA) is 62.1 Å². The molecule has 1 N–H and O–H groups in total. The van der Waals surface area contributed by atoms with Gasteiger partial charge < -0.3 is 10.1 Å². The lowest BCUT2D eigenvalue weighted by molar-refractivity contribution is -0.112. The van der Waals surface area contributed by atoms with Crippen molar-refractivity contribution < 1.29 is 13.9 Å². The smallest absolute Gasteiger partial charge is 0.266 e. The lowest BCUT2D eigenvalue weighted by Crippen LogP contribution is -2.13. The van der Waals surface area contributed by atoms with Gasteiger partial charge in [0.1, 0.15) is 23.2 Å². The summed E-state index contributed by atoms with van der Waals surface area (Å²) in [6.45, 7) is 4.37. The Kier molecular flexibility index (Phi) is 8.39. The number of rotatable bonds is 8. The van der Waals surface area contributed by atoms with Crippen molar-refractivity contribution in [1.82, 2.24) is 0 Å². The molecule has 0 aliphatic rings. The lowest BCUT2D eigenvalue weighted by Gasteiger charge is -2.14. The molecule has 0 radical (unpaired) electrons. The van der Waals surface area contributed by atoms with Crippen molar-refractivity contribution in [3.05, 3.63) is 98.8 Å². The molecule has 168 valence electrons. The molecule has 0 bridgehead atoms. The first kappa shape index (κ1) is 24.2. The number of aryl methyl sites for hydroxylation is 1. The van der Waals surface area contributed by atoms with Gasteiger partial charge in [-0.05, 0) is 72.5 Å². The molecule has 3 aromatic carbocycles. The summed E-state index contributed by atoms with van der Waals surface area (Å²) in [6.07, 6.45) is 2.90. The van der Waals surface area contributed by atoms with Crippen LogP contribution in [0.1, 0.15) is 36.1 Å². The predicted octanol–water partition coefficient (Wildman–Crippen LogP) is 6.69. The normalized spacial score (nSPS) is 11.1. The van der Waals surface area contributed by atoms with E-state index in [1.807, 2.05) is 49.4 Å². The molecule has 0 spiro atoms. The van der Waals surface area contributed by atoms with Crippen LogP contribution in [0.25, 0.3) is 6.08 Å². The SMILES string of the molecule is CCOc1cc(/C=C(\C#N)C(=O)Nc2ccc(CC)cc2)cc(Br)c1Cc1cccc(F)c1. The molecule has 0 heterocycles. The third kappa shape index (κ3) is 6.53. The third-order valence-corrected chi connectivity index (χ3v) is 5.75. The standard InChI is InChI=1S/C27H24BrFN2O2/c1-3-18-8-10-23(11-9-18)31-27(32)21(17-30)12-20-15-25(28)24(26(16-20)33-4-2)14-19-6-5-7-22(29)13-19/h5-13,15-16H,3-4,14H2,1-2H3,(H,31,32)/b21-12+. The van der Waals surface area contributed by atoms with Gasteiger partial charge in [0.05, 0.1) is 6.61 Å². The van der Waals surface area contributed by atoms with Crippen molar-refractivity contribution in [2.24, 2.45) is 0 Å². The van der Waals surface area contributed by atoms with Gasteiger partial charge in [0.25, 0.3) is 5.91 Å². The van der Waals surface area contributed by atoms with Crippen LogP contribution in [0.2, 0.25) is 0 Å². The Morgan fingerprint density at radius 2 is 1.88 bits per heavy atom. The van der Waals surface area contributed by atoms with Crippen LogP contribution >= 0.6 is 15.9 Å². The van der Waals surface area contributed by atoms with Crippen molar-refractivity contribution in [3.63, 3.8) is 0 Å². The number of halogens is 2. The average Bonchev–Trinajstić information content (AvgIpc) is 2.80. The lowest BCUT2D eigenvalue weighted by atomic mass is 10.0. The maximum Gasteiger partial charge on any atom is 0.266 e. The van der Waals surface area contributed by atoms with Crippen LogP contribution in [0.15, 0.2) is 70.7 Å². The second-order valence-electron chi connectivity index (χ2n) is 7.39. The maximum absolute atomic E-state index is 13.6. The number of anilines is 1.